The summed E-state index contributed by atoms with van der Waals surface area (Å²) in [5, 5.41) is 8.58. The lowest BCUT2D eigenvalue weighted by Crippen LogP contribution is -2.71. The van der Waals surface area contributed by atoms with E-state index in [-0.39, 0.29) is 89.7 Å². The number of likely N-dealkylation sites (N-methyl/N-ethyl adjacent to an activating group) is 7. The predicted octanol–water partition coefficient (Wildman–Crippen LogP) is 5.83. The Hall–Kier alpha value is -7.05. The molecular weight excluding hydrogens is 1410 g/mol. The van der Waals surface area contributed by atoms with Crippen LogP contribution in [-0.2, 0) is 67.0 Å². The molecule has 0 aromatic rings. The number of carbonyl (C=O) groups is 12. The van der Waals surface area contributed by atoms with Gasteiger partial charge in [-0.15, -0.1) is 0 Å². The Morgan fingerprint density at radius 3 is 1.86 bits per heavy atom. The van der Waals surface area contributed by atoms with Gasteiger partial charge < -0.3 is 69.5 Å². The number of carbonyl (C=O) groups excluding carboxylic acids is 12. The van der Waals surface area contributed by atoms with Crippen LogP contribution in [0.3, 0.4) is 0 Å². The van der Waals surface area contributed by atoms with Crippen molar-refractivity contribution in [3.63, 3.8) is 0 Å². The molecule has 0 radical (unpaired) electrons. The zero-order chi connectivity index (χ0) is 80.2. The lowest BCUT2D eigenvalue weighted by molar-refractivity contribution is -0.219. The highest BCUT2D eigenvalue weighted by Crippen LogP contribution is 2.50. The van der Waals surface area contributed by atoms with Gasteiger partial charge in [0.05, 0.1) is 32.2 Å². The van der Waals surface area contributed by atoms with Gasteiger partial charge in [-0.2, -0.15) is 13.2 Å². The standard InChI is InChI=1S/C77H123F5N12O14/c1-16-33-107-43-60-66(98)84-65(47(5)17-2)73(105)88(11)42-63(97)89(12)55-25-20-19-21-32-93(72(55)104)59(37-49-28-26-46(4)27-29-49)70(102)87(10)41-61(95)83-54(31-30-50-34-52(78)64(53(79)35-50)77(80,81)82)68(100)94-40-51(108-18-3)38-56(94)67(99)85-76(44-75(6,7)45-76)74(106)92(15)57(36-48-23-22-24-48)71(103)91(14)58(69(101)86(8)9)39-62(96)90(60)13/h19-20,46-60,64-65H,16-18,21-45H2,1-15H3,(H,83,95)(H,84,98)(H,85,99)/b20-19-/t46?,47-,49?,50?,51+,52?,53?,54-,55-,56-,57-,58-,59-,60-,64?,65-/m0/s1. The van der Waals surface area contributed by atoms with Crippen LogP contribution in [0.2, 0.25) is 0 Å². The van der Waals surface area contributed by atoms with E-state index in [1.807, 2.05) is 26.8 Å². The second-order valence-corrected chi connectivity index (χ2v) is 33.2. The smallest absolute Gasteiger partial charge is 0.379 e. The van der Waals surface area contributed by atoms with Crippen molar-refractivity contribution in [2.45, 2.75) is 262 Å². The molecule has 7 rings (SSSR count). The second kappa shape index (κ2) is 38.3. The molecule has 3 heterocycles. The third-order valence-electron chi connectivity index (χ3n) is 24.0. The highest BCUT2D eigenvalue weighted by molar-refractivity contribution is 6.01. The summed E-state index contributed by atoms with van der Waals surface area (Å²) in [6.07, 6.45) is -3.59. The minimum Gasteiger partial charge on any atom is -0.379 e. The fourth-order valence-corrected chi connectivity index (χ4v) is 17.2. The lowest BCUT2D eigenvalue weighted by atomic mass is 9.58. The number of hydrogen-bond acceptors (Lipinski definition) is 14. The van der Waals surface area contributed by atoms with E-state index in [4.69, 9.17) is 9.47 Å². The van der Waals surface area contributed by atoms with Gasteiger partial charge in [0.1, 0.15) is 72.1 Å². The summed E-state index contributed by atoms with van der Waals surface area (Å²) in [4.78, 5) is 193. The molecule has 108 heavy (non-hydrogen) atoms. The molecule has 6 fully saturated rings. The Morgan fingerprint density at radius 2 is 1.29 bits per heavy atom. The monoisotopic (exact) mass is 1530 g/mol. The van der Waals surface area contributed by atoms with Gasteiger partial charge in [-0.1, -0.05) is 105 Å². The van der Waals surface area contributed by atoms with Crippen molar-refractivity contribution < 1.29 is 89.0 Å². The summed E-state index contributed by atoms with van der Waals surface area (Å²) in [7, 11) is 11.2. The Morgan fingerprint density at radius 1 is 0.667 bits per heavy atom. The molecular formula is C77H123F5N12O14. The summed E-state index contributed by atoms with van der Waals surface area (Å²) in [6.45, 7) is 11.4. The molecule has 0 aromatic carbocycles. The Balaban J connectivity index is 1.33. The first kappa shape index (κ1) is 88.2. The minimum absolute atomic E-state index is 0.00270. The number of fused-ring (bicyclic) bond motifs is 3. The second-order valence-electron chi connectivity index (χ2n) is 33.2. The van der Waals surface area contributed by atoms with E-state index in [1.165, 1.54) is 80.9 Å². The first-order valence-electron chi connectivity index (χ1n) is 39.2. The molecule has 0 aromatic heterocycles. The number of rotatable bonds is 16. The number of nitrogens with zero attached hydrogens (tertiary/aromatic N) is 9. The van der Waals surface area contributed by atoms with Gasteiger partial charge in [-0.3, -0.25) is 57.5 Å². The maximum absolute atomic E-state index is 15.7. The molecule has 2 saturated heterocycles. The van der Waals surface area contributed by atoms with Crippen LogP contribution in [0.1, 0.15) is 183 Å². The highest BCUT2D eigenvalue weighted by atomic mass is 19.4. The summed E-state index contributed by atoms with van der Waals surface area (Å²) < 4.78 is 85.1. The van der Waals surface area contributed by atoms with Crippen molar-refractivity contribution in [2.75, 3.05) is 102 Å². The van der Waals surface area contributed by atoms with Crippen LogP contribution < -0.4 is 16.0 Å². The molecule has 610 valence electrons. The van der Waals surface area contributed by atoms with Crippen molar-refractivity contribution in [2.24, 2.45) is 40.9 Å². The number of nitrogens with one attached hydrogen (secondary N) is 3. The van der Waals surface area contributed by atoms with Crippen molar-refractivity contribution in [3.8, 4) is 0 Å². The third kappa shape index (κ3) is 21.7. The van der Waals surface area contributed by atoms with Crippen molar-refractivity contribution in [1.82, 2.24) is 60.0 Å². The predicted molar refractivity (Wildman–Crippen MR) is 392 cm³/mol. The van der Waals surface area contributed by atoms with E-state index >= 15 is 37.5 Å². The van der Waals surface area contributed by atoms with Crippen LogP contribution >= 0.6 is 0 Å². The number of amides is 12. The third-order valence-corrected chi connectivity index (χ3v) is 24.0. The van der Waals surface area contributed by atoms with Gasteiger partial charge in [0.15, 0.2) is 0 Å². The number of ether oxygens (including phenoxy) is 2. The highest BCUT2D eigenvalue weighted by Gasteiger charge is 2.59. The van der Waals surface area contributed by atoms with E-state index < -0.39 is 211 Å². The maximum Gasteiger partial charge on any atom is 0.397 e. The van der Waals surface area contributed by atoms with Gasteiger partial charge in [-0.25, -0.2) is 8.78 Å². The fourth-order valence-electron chi connectivity index (χ4n) is 17.2. The molecule has 7 aliphatic rings. The van der Waals surface area contributed by atoms with Gasteiger partial charge >= 0.3 is 6.18 Å². The Kier molecular flexibility index (Phi) is 31.2. The van der Waals surface area contributed by atoms with E-state index in [1.54, 1.807) is 26.8 Å². The van der Waals surface area contributed by atoms with Crippen molar-refractivity contribution in [1.29, 1.82) is 0 Å². The van der Waals surface area contributed by atoms with Crippen LogP contribution in [-0.4, -0.2) is 296 Å². The molecule has 3 N–H and O–H groups in total. The van der Waals surface area contributed by atoms with Crippen molar-refractivity contribution in [3.05, 3.63) is 12.2 Å². The van der Waals surface area contributed by atoms with Gasteiger partial charge in [-0.05, 0) is 113 Å². The van der Waals surface area contributed by atoms with E-state index in [0.717, 1.165) is 51.7 Å². The molecule has 31 heteroatoms. The minimum atomic E-state index is -5.18. The first-order valence-corrected chi connectivity index (χ1v) is 39.2. The summed E-state index contributed by atoms with van der Waals surface area (Å²) >= 11 is 0. The topological polar surface area (TPSA) is 289 Å². The zero-order valence-electron chi connectivity index (χ0n) is 66.4. The molecule has 3 aliphatic heterocycles. The molecule has 4 saturated carbocycles. The van der Waals surface area contributed by atoms with E-state index in [2.05, 4.69) is 22.9 Å². The van der Waals surface area contributed by atoms with Gasteiger partial charge in [0, 0.05) is 89.1 Å². The molecule has 2 unspecified atom stereocenters. The number of alkyl halides is 5. The van der Waals surface area contributed by atoms with Crippen LogP contribution in [0.25, 0.3) is 0 Å². The lowest BCUT2D eigenvalue weighted by Gasteiger charge is -2.54. The zero-order valence-corrected chi connectivity index (χ0v) is 66.4. The number of halogens is 5. The fraction of sp³-hybridized carbons (Fsp3) is 0.818. The normalized spacial score (nSPS) is 32.1. The maximum atomic E-state index is 15.7. The summed E-state index contributed by atoms with van der Waals surface area (Å²) in [5.74, 6) is -13.1. The Bertz CT molecular complexity index is 3200. The molecule has 12 amide bonds. The average molecular weight is 1540 g/mol. The van der Waals surface area contributed by atoms with Crippen LogP contribution in [0.4, 0.5) is 22.0 Å². The molecule has 26 nitrogen and oxygen atoms in total. The quantitative estimate of drug-likeness (QED) is 0.0932. The van der Waals surface area contributed by atoms with E-state index in [9.17, 15) is 41.9 Å². The van der Waals surface area contributed by atoms with Crippen molar-refractivity contribution >= 4 is 70.9 Å². The van der Waals surface area contributed by atoms with Crippen LogP contribution in [0.15, 0.2) is 12.2 Å². The molecule has 2 bridgehead atoms. The Labute approximate surface area is 634 Å². The largest absolute Gasteiger partial charge is 0.397 e. The summed E-state index contributed by atoms with van der Waals surface area (Å²) in [5.41, 5.74) is -2.30. The average Bonchev–Trinajstić information content (AvgIpc) is 0.923. The van der Waals surface area contributed by atoms with Gasteiger partial charge in [0.2, 0.25) is 70.9 Å². The summed E-state index contributed by atoms with van der Waals surface area (Å²) in [6, 6.07) is -11.0. The van der Waals surface area contributed by atoms with Crippen LogP contribution in [0.5, 0.6) is 0 Å². The molecule has 1 spiro atoms. The number of hydrogen-bond donors (Lipinski definition) is 3. The van der Waals surface area contributed by atoms with Crippen LogP contribution in [0, 0.1) is 40.9 Å². The SMILES string of the molecule is CCCOC[C@H]1C(=O)N[C@@H]([C@@H](C)CC)C(=O)N(C)CC(=O)N(C)[C@H]2C/C=C\CCN(C2=O)[C@@H](CC2CCC(C)CC2)C(=O)N(C)CC(=O)N[C@@H](CCC2CC(F)C(C(F)(F)F)C(F)C2)C(=O)N2C[C@H](OCC)C[C@H]2C(=O)NC2(CC(C)(C)C2)C(=O)N(C)[C@@H](CC2CCC2)C(=O)N(C)[C@H](C(=O)N(C)C)CC(=O)N1C. The molecule has 12 atom stereocenters. The van der Waals surface area contributed by atoms with E-state index in [0.29, 0.717) is 38.0 Å². The molecule has 4 aliphatic carbocycles. The van der Waals surface area contributed by atoms with Gasteiger partial charge in [0.25, 0.3) is 0 Å². The first-order chi connectivity index (χ1) is 50.7.